The van der Waals surface area contributed by atoms with E-state index in [9.17, 15) is 0 Å². The van der Waals surface area contributed by atoms with Gasteiger partial charge in [0.1, 0.15) is 5.52 Å². The second-order valence-electron chi connectivity index (χ2n) is 4.40. The van der Waals surface area contributed by atoms with Gasteiger partial charge in [0.05, 0.1) is 4.70 Å². The van der Waals surface area contributed by atoms with Crippen LogP contribution in [0, 0.1) is 0 Å². The SMILES string of the molecule is CC(N)C1(c2ccc3nnsc3c2)CC1. The molecule has 1 unspecified atom stereocenters. The molecule has 1 saturated carbocycles. The number of nitrogens with zero attached hydrogens (tertiary/aromatic N) is 2. The minimum Gasteiger partial charge on any atom is -0.327 e. The third-order valence-corrected chi connectivity index (χ3v) is 4.17. The lowest BCUT2D eigenvalue weighted by Crippen LogP contribution is -2.31. The van der Waals surface area contributed by atoms with Crippen molar-refractivity contribution in [1.29, 1.82) is 0 Å². The summed E-state index contributed by atoms with van der Waals surface area (Å²) in [6.07, 6.45) is 2.42. The van der Waals surface area contributed by atoms with Gasteiger partial charge >= 0.3 is 0 Å². The van der Waals surface area contributed by atoms with Crippen molar-refractivity contribution in [2.45, 2.75) is 31.2 Å². The van der Waals surface area contributed by atoms with Crippen molar-refractivity contribution in [3.63, 3.8) is 0 Å². The molecule has 0 amide bonds. The molecule has 1 atom stereocenters. The molecule has 4 heteroatoms. The molecule has 3 rings (SSSR count). The molecular weight excluding hydrogens is 206 g/mol. The highest BCUT2D eigenvalue weighted by molar-refractivity contribution is 7.12. The van der Waals surface area contributed by atoms with Crippen molar-refractivity contribution >= 4 is 21.7 Å². The fourth-order valence-corrected chi connectivity index (χ4v) is 2.83. The first-order valence-corrected chi connectivity index (χ1v) is 5.98. The van der Waals surface area contributed by atoms with Gasteiger partial charge < -0.3 is 5.73 Å². The van der Waals surface area contributed by atoms with E-state index in [1.165, 1.54) is 34.6 Å². The summed E-state index contributed by atoms with van der Waals surface area (Å²) < 4.78 is 5.12. The summed E-state index contributed by atoms with van der Waals surface area (Å²) in [5.41, 5.74) is 8.64. The van der Waals surface area contributed by atoms with Gasteiger partial charge in [-0.05, 0) is 49.0 Å². The van der Waals surface area contributed by atoms with Crippen molar-refractivity contribution < 1.29 is 0 Å². The zero-order valence-electron chi connectivity index (χ0n) is 8.60. The minimum absolute atomic E-state index is 0.232. The third kappa shape index (κ3) is 1.28. The van der Waals surface area contributed by atoms with E-state index in [4.69, 9.17) is 5.73 Å². The van der Waals surface area contributed by atoms with Gasteiger partial charge in [-0.3, -0.25) is 0 Å². The van der Waals surface area contributed by atoms with Gasteiger partial charge in [0.15, 0.2) is 0 Å². The van der Waals surface area contributed by atoms with Gasteiger partial charge in [0, 0.05) is 11.5 Å². The monoisotopic (exact) mass is 219 g/mol. The Kier molecular flexibility index (Phi) is 1.85. The van der Waals surface area contributed by atoms with Crippen LogP contribution in [-0.4, -0.2) is 15.6 Å². The summed E-state index contributed by atoms with van der Waals surface area (Å²) in [5.74, 6) is 0. The molecule has 0 bridgehead atoms. The Morgan fingerprint density at radius 3 is 2.93 bits per heavy atom. The van der Waals surface area contributed by atoms with E-state index < -0.39 is 0 Å². The molecule has 2 aromatic rings. The van der Waals surface area contributed by atoms with E-state index in [2.05, 4.69) is 34.7 Å². The normalized spacial score (nSPS) is 20.4. The van der Waals surface area contributed by atoms with Crippen molar-refractivity contribution in [2.24, 2.45) is 5.73 Å². The van der Waals surface area contributed by atoms with Crippen LogP contribution < -0.4 is 5.73 Å². The van der Waals surface area contributed by atoms with E-state index in [1.807, 2.05) is 0 Å². The quantitative estimate of drug-likeness (QED) is 0.841. The molecule has 1 aromatic carbocycles. The fraction of sp³-hybridized carbons (Fsp3) is 0.455. The Morgan fingerprint density at radius 2 is 2.27 bits per heavy atom. The number of fused-ring (bicyclic) bond motifs is 1. The first-order chi connectivity index (χ1) is 7.22. The summed E-state index contributed by atoms with van der Waals surface area (Å²) in [7, 11) is 0. The molecular formula is C11H13N3S. The minimum atomic E-state index is 0.232. The van der Waals surface area contributed by atoms with Crippen LogP contribution in [0.2, 0.25) is 0 Å². The Balaban J connectivity index is 2.11. The first kappa shape index (κ1) is 9.24. The lowest BCUT2D eigenvalue weighted by Gasteiger charge is -2.19. The predicted octanol–water partition coefficient (Wildman–Crippen LogP) is 2.07. The number of hydrogen-bond acceptors (Lipinski definition) is 4. The number of aromatic nitrogens is 2. The average Bonchev–Trinajstić information content (AvgIpc) is 2.91. The van der Waals surface area contributed by atoms with Gasteiger partial charge in [-0.1, -0.05) is 10.6 Å². The third-order valence-electron chi connectivity index (χ3n) is 3.48. The Bertz CT molecular complexity index is 499. The van der Waals surface area contributed by atoms with Crippen molar-refractivity contribution in [2.75, 3.05) is 0 Å². The molecule has 0 spiro atoms. The highest BCUT2D eigenvalue weighted by Crippen LogP contribution is 2.50. The highest BCUT2D eigenvalue weighted by Gasteiger charge is 2.47. The van der Waals surface area contributed by atoms with Gasteiger partial charge in [-0.25, -0.2) is 0 Å². The summed E-state index contributed by atoms with van der Waals surface area (Å²) in [5, 5.41) is 4.04. The second kappa shape index (κ2) is 3.00. The molecule has 0 saturated heterocycles. The Labute approximate surface area is 92.5 Å². The van der Waals surface area contributed by atoms with Crippen LogP contribution in [0.5, 0.6) is 0 Å². The maximum Gasteiger partial charge on any atom is 0.105 e. The molecule has 0 aliphatic heterocycles. The molecule has 1 aromatic heterocycles. The number of nitrogens with two attached hydrogens (primary N) is 1. The van der Waals surface area contributed by atoms with Crippen LogP contribution in [-0.2, 0) is 5.41 Å². The Hall–Kier alpha value is -1.00. The molecule has 15 heavy (non-hydrogen) atoms. The molecule has 1 fully saturated rings. The van der Waals surface area contributed by atoms with E-state index >= 15 is 0 Å². The number of hydrogen-bond donors (Lipinski definition) is 1. The van der Waals surface area contributed by atoms with Gasteiger partial charge in [-0.15, -0.1) is 5.10 Å². The van der Waals surface area contributed by atoms with E-state index in [-0.39, 0.29) is 11.5 Å². The second-order valence-corrected chi connectivity index (χ2v) is 5.19. The molecule has 0 radical (unpaired) electrons. The van der Waals surface area contributed by atoms with Gasteiger partial charge in [0.25, 0.3) is 0 Å². The zero-order valence-corrected chi connectivity index (χ0v) is 9.42. The van der Waals surface area contributed by atoms with E-state index in [0.717, 1.165) is 5.52 Å². The standard InChI is InChI=1S/C11H13N3S/c1-7(12)11(4-5-11)8-2-3-9-10(6-8)15-14-13-9/h2-3,6-7H,4-5,12H2,1H3. The predicted molar refractivity (Wildman–Crippen MR) is 62.0 cm³/mol. The Morgan fingerprint density at radius 1 is 1.47 bits per heavy atom. The lowest BCUT2D eigenvalue weighted by molar-refractivity contribution is 0.557. The smallest absolute Gasteiger partial charge is 0.105 e. The van der Waals surface area contributed by atoms with Crippen molar-refractivity contribution in [3.8, 4) is 0 Å². The maximum absolute atomic E-state index is 6.06. The topological polar surface area (TPSA) is 51.8 Å². The molecule has 2 N–H and O–H groups in total. The van der Waals surface area contributed by atoms with Crippen LogP contribution >= 0.6 is 11.5 Å². The molecule has 1 aliphatic carbocycles. The molecule has 1 heterocycles. The summed E-state index contributed by atoms with van der Waals surface area (Å²) >= 11 is 1.46. The lowest BCUT2D eigenvalue weighted by atomic mass is 9.89. The highest BCUT2D eigenvalue weighted by atomic mass is 32.1. The summed E-state index contributed by atoms with van der Waals surface area (Å²) in [4.78, 5) is 0. The fourth-order valence-electron chi connectivity index (χ4n) is 2.23. The van der Waals surface area contributed by atoms with Crippen LogP contribution in [0.4, 0.5) is 0 Å². The van der Waals surface area contributed by atoms with E-state index in [1.54, 1.807) is 0 Å². The van der Waals surface area contributed by atoms with Gasteiger partial charge in [-0.2, -0.15) is 0 Å². The maximum atomic E-state index is 6.06. The van der Waals surface area contributed by atoms with Crippen LogP contribution in [0.3, 0.4) is 0 Å². The van der Waals surface area contributed by atoms with Gasteiger partial charge in [0.2, 0.25) is 0 Å². The summed E-state index contributed by atoms with van der Waals surface area (Å²) in [6, 6.07) is 6.64. The number of benzene rings is 1. The summed E-state index contributed by atoms with van der Waals surface area (Å²) in [6.45, 7) is 2.10. The largest absolute Gasteiger partial charge is 0.327 e. The molecule has 3 nitrogen and oxygen atoms in total. The van der Waals surface area contributed by atoms with Crippen LogP contribution in [0.25, 0.3) is 10.2 Å². The molecule has 1 aliphatic rings. The zero-order chi connectivity index (χ0) is 10.5. The van der Waals surface area contributed by atoms with Crippen LogP contribution in [0.1, 0.15) is 25.3 Å². The van der Waals surface area contributed by atoms with Crippen LogP contribution in [0.15, 0.2) is 18.2 Å². The number of rotatable bonds is 2. The van der Waals surface area contributed by atoms with Crippen molar-refractivity contribution in [3.05, 3.63) is 23.8 Å². The average molecular weight is 219 g/mol. The van der Waals surface area contributed by atoms with Crippen molar-refractivity contribution in [1.82, 2.24) is 9.59 Å². The van der Waals surface area contributed by atoms with E-state index in [0.29, 0.717) is 0 Å². The first-order valence-electron chi connectivity index (χ1n) is 5.20. The molecule has 78 valence electrons.